The number of rotatable bonds is 47. The van der Waals surface area contributed by atoms with Gasteiger partial charge < -0.3 is 117 Å². The number of hydrogen-bond acceptors (Lipinski definition) is 23. The standard InChI is InChI=1S/C43H78N12O8S.C36H68N10O7S/c1-27-37(57)50-29(16-8-12-22-44-3)39(59)48-28(2)38(58)51-31(18-10-14-24-46-5)41(61)53-32(42(62)52-30(40(60)49-27)17-9-13-23-45-4)19-11-15-25-47-35(56)21-7-6-20-34-36-33(26-64-34)54-43(63)55-36;1-24-31(48)43-26(14-6-10-19-37-3)33(50)41-25(2)32(49)44-28(16-8-12-21-39-5)35(52)46-29(17-9-13-22-40-30(47)18-23-54)36(53)45-27(34(51)42-24)15-7-11-20-38-4/h27-34,36,44-46H,6-26H2,1-5H3,(H,47,56)(H,48,59)(H,49,60)(H,50,57)(H,51,58)(H,52,62)(H,53,61)(H2,54,55,63);24-29,37-39,54H,6-23H2,1-5H3,(H,40,47)(H,41,50)(H,42,51)(H,43,48)(H,44,49)(H,45,53)(H,46,52)/t27-,28-,29+,30+,31+,32-,33?,34?,36?;24-,25-,26+,27+,28+,29-/m11/s1. The van der Waals surface area contributed by atoms with Crippen molar-refractivity contribution in [3.05, 3.63) is 0 Å². The van der Waals surface area contributed by atoms with Crippen LogP contribution in [-0.2, 0) is 67.1 Å². The molecule has 0 aromatic rings. The van der Waals surface area contributed by atoms with E-state index in [-0.39, 0.29) is 87.7 Å². The first-order chi connectivity index (χ1) is 56.6. The van der Waals surface area contributed by atoms with Gasteiger partial charge in [0.15, 0.2) is 0 Å². The lowest BCUT2D eigenvalue weighted by Crippen LogP contribution is -2.60. The van der Waals surface area contributed by atoms with Crippen LogP contribution >= 0.6 is 24.4 Å². The van der Waals surface area contributed by atoms with Crippen molar-refractivity contribution >= 4 is 113 Å². The van der Waals surface area contributed by atoms with Crippen molar-refractivity contribution in [2.45, 2.75) is 304 Å². The van der Waals surface area contributed by atoms with Crippen molar-refractivity contribution in [2.75, 3.05) is 106 Å². The van der Waals surface area contributed by atoms with Crippen molar-refractivity contribution in [1.29, 1.82) is 0 Å². The van der Waals surface area contributed by atoms with E-state index < -0.39 is 143 Å². The smallest absolute Gasteiger partial charge is 0.315 e. The lowest BCUT2D eigenvalue weighted by atomic mass is 10.0. The highest BCUT2D eigenvalue weighted by atomic mass is 32.2. The van der Waals surface area contributed by atoms with Crippen LogP contribution in [0.1, 0.15) is 214 Å². The second-order valence-corrected chi connectivity index (χ2v) is 32.8. The molecular formula is C79H146N22O15S2. The molecule has 0 saturated carbocycles. The predicted molar refractivity (Wildman–Crippen MR) is 459 cm³/mol. The minimum atomic E-state index is -1.10. The van der Waals surface area contributed by atoms with E-state index in [1.54, 1.807) is 0 Å². The van der Waals surface area contributed by atoms with Gasteiger partial charge in [0.25, 0.3) is 0 Å². The molecule has 0 aromatic heterocycles. The third-order valence-electron chi connectivity index (χ3n) is 21.0. The zero-order valence-electron chi connectivity index (χ0n) is 71.7. The summed E-state index contributed by atoms with van der Waals surface area (Å²) < 4.78 is 0. The van der Waals surface area contributed by atoms with Crippen molar-refractivity contribution in [2.24, 2.45) is 0 Å². The average Bonchev–Trinajstić information content (AvgIpc) is 1.67. The molecule has 37 nitrogen and oxygen atoms in total. The van der Waals surface area contributed by atoms with Gasteiger partial charge in [-0.2, -0.15) is 24.4 Å². The van der Waals surface area contributed by atoms with Gasteiger partial charge in [0.2, 0.25) is 82.7 Å². The van der Waals surface area contributed by atoms with Crippen LogP contribution in [-0.4, -0.2) is 285 Å². The first-order valence-electron chi connectivity index (χ1n) is 43.0. The van der Waals surface area contributed by atoms with Gasteiger partial charge >= 0.3 is 6.03 Å². The van der Waals surface area contributed by atoms with E-state index in [4.69, 9.17) is 0 Å². The van der Waals surface area contributed by atoms with E-state index in [2.05, 4.69) is 130 Å². The van der Waals surface area contributed by atoms with Gasteiger partial charge in [0, 0.05) is 36.9 Å². The molecule has 4 rings (SSSR count). The van der Waals surface area contributed by atoms with E-state index in [9.17, 15) is 71.9 Å². The van der Waals surface area contributed by atoms with Crippen LogP contribution in [0.3, 0.4) is 0 Å². The summed E-state index contributed by atoms with van der Waals surface area (Å²) in [5.74, 6) is -5.93. The zero-order chi connectivity index (χ0) is 87.2. The maximum absolute atomic E-state index is 14.1. The lowest BCUT2D eigenvalue weighted by Gasteiger charge is -2.28. The number of hydrogen-bond donors (Lipinski definition) is 23. The molecule has 39 heteroatoms. The van der Waals surface area contributed by atoms with Gasteiger partial charge in [-0.25, -0.2) is 4.79 Å². The summed E-state index contributed by atoms with van der Waals surface area (Å²) in [5, 5.41) is 63.5. The predicted octanol–water partition coefficient (Wildman–Crippen LogP) is -2.15. The number of carbonyl (C=O) groups excluding carboxylic acids is 15. The number of carbonyl (C=O) groups is 15. The van der Waals surface area contributed by atoms with Crippen LogP contribution in [0.4, 0.5) is 4.79 Å². The van der Waals surface area contributed by atoms with Gasteiger partial charge in [-0.15, -0.1) is 0 Å². The molecule has 4 aliphatic heterocycles. The third-order valence-corrected chi connectivity index (χ3v) is 22.7. The molecule has 0 bridgehead atoms. The highest BCUT2D eigenvalue weighted by molar-refractivity contribution is 8.00. The van der Waals surface area contributed by atoms with E-state index >= 15 is 0 Å². The van der Waals surface area contributed by atoms with E-state index in [0.29, 0.717) is 147 Å². The third kappa shape index (κ3) is 42.5. The van der Waals surface area contributed by atoms with E-state index in [1.165, 1.54) is 27.7 Å². The number of nitrogens with one attached hydrogen (secondary N) is 22. The Morgan fingerprint density at radius 3 is 0.771 bits per heavy atom. The minimum Gasteiger partial charge on any atom is -0.356 e. The SMILES string of the molecule is CNCCCC[C@@H]1NC(=O)[C@@H](C)NC(=O)[C@H](CCCCNC)NC(=O)[C@@H](CCCCNC(=O)CCCCC2SCC3NC(=O)NC32)NC(=O)[C@H](CCCCNC)NC(=O)[C@@H](C)NC1=O.CNCCCC[C@@H]1NC(=O)[C@@H](C)NC(=O)[C@H](CCCCNC)NC(=O)[C@@H](CCCCNC(=O)CCS)NC(=O)[C@H](CCCCNC)NC(=O)[C@@H](C)NC1=O. The van der Waals surface area contributed by atoms with Gasteiger partial charge in [-0.1, -0.05) is 6.42 Å². The Kier molecular flexibility index (Phi) is 54.5. The quantitative estimate of drug-likeness (QED) is 0.0176. The van der Waals surface area contributed by atoms with Gasteiger partial charge in [-0.3, -0.25) is 67.1 Å². The molecule has 0 radical (unpaired) electrons. The van der Waals surface area contributed by atoms with Crippen molar-refractivity contribution in [3.8, 4) is 0 Å². The fourth-order valence-corrected chi connectivity index (χ4v) is 15.5. The highest BCUT2D eigenvalue weighted by Gasteiger charge is 2.43. The molecule has 0 aliphatic carbocycles. The minimum absolute atomic E-state index is 0.0765. The second kappa shape index (κ2) is 61.6. The Hall–Kier alpha value is -7.69. The number of thiol groups is 1. The molecule has 0 spiro atoms. The number of urea groups is 1. The first kappa shape index (κ1) is 104. The molecular weight excluding hydrogens is 1560 g/mol. The molecule has 4 aliphatic rings. The Bertz CT molecular complexity index is 3080. The molecule has 674 valence electrons. The van der Waals surface area contributed by atoms with Crippen LogP contribution in [0.2, 0.25) is 0 Å². The maximum atomic E-state index is 14.1. The number of amides is 16. The summed E-state index contributed by atoms with van der Waals surface area (Å²) >= 11 is 5.92. The summed E-state index contributed by atoms with van der Waals surface area (Å²) in [7, 11) is 10.9. The molecule has 118 heavy (non-hydrogen) atoms. The average molecular weight is 1710 g/mol. The lowest BCUT2D eigenvalue weighted by molar-refractivity contribution is -0.136. The number of thioether (sulfide) groups is 1. The Morgan fingerprint density at radius 2 is 0.517 bits per heavy atom. The fourth-order valence-electron chi connectivity index (χ4n) is 13.8. The summed E-state index contributed by atoms with van der Waals surface area (Å²) in [6.07, 6.45) is 14.9. The summed E-state index contributed by atoms with van der Waals surface area (Å²) in [6.45, 7) is 10.9. The monoisotopic (exact) mass is 1710 g/mol. The molecule has 4 heterocycles. The zero-order valence-corrected chi connectivity index (χ0v) is 73.4. The number of unbranched alkanes of at least 4 members (excludes halogenated alkanes) is 9. The van der Waals surface area contributed by atoms with Gasteiger partial charge in [-0.05, 0) is 282 Å². The van der Waals surface area contributed by atoms with E-state index in [1.807, 2.05) is 54.0 Å². The molecule has 4 saturated heterocycles. The van der Waals surface area contributed by atoms with E-state index in [0.717, 1.165) is 50.7 Å². The summed E-state index contributed by atoms with van der Waals surface area (Å²) in [4.78, 5) is 201. The molecule has 3 unspecified atom stereocenters. The second-order valence-electron chi connectivity index (χ2n) is 31.0. The highest BCUT2D eigenvalue weighted by Crippen LogP contribution is 2.33. The molecule has 4 fully saturated rings. The molecule has 22 N–H and O–H groups in total. The Labute approximate surface area is 708 Å². The van der Waals surface area contributed by atoms with Crippen LogP contribution < -0.4 is 117 Å². The van der Waals surface area contributed by atoms with Gasteiger partial charge in [0.05, 0.1) is 12.1 Å². The number of fused-ring (bicyclic) bond motifs is 1. The van der Waals surface area contributed by atoms with Crippen molar-refractivity contribution in [1.82, 2.24) is 117 Å². The summed E-state index contributed by atoms with van der Waals surface area (Å²) in [5.41, 5.74) is 0. The Balaban J connectivity index is 0.000000620. The maximum Gasteiger partial charge on any atom is 0.315 e. The largest absolute Gasteiger partial charge is 0.356 e. The Morgan fingerprint density at radius 1 is 0.288 bits per heavy atom. The van der Waals surface area contributed by atoms with Crippen LogP contribution in [0, 0.1) is 0 Å². The van der Waals surface area contributed by atoms with Crippen LogP contribution in [0.25, 0.3) is 0 Å². The normalized spacial score (nSPS) is 25.4. The van der Waals surface area contributed by atoms with Crippen molar-refractivity contribution in [3.63, 3.8) is 0 Å². The fraction of sp³-hybridized carbons (Fsp3) is 0.810. The van der Waals surface area contributed by atoms with Crippen molar-refractivity contribution < 1.29 is 71.9 Å². The first-order valence-corrected chi connectivity index (χ1v) is 44.7. The van der Waals surface area contributed by atoms with Gasteiger partial charge in [0.1, 0.15) is 72.5 Å². The van der Waals surface area contributed by atoms with Crippen LogP contribution in [0.15, 0.2) is 0 Å². The van der Waals surface area contributed by atoms with Crippen LogP contribution in [0.5, 0.6) is 0 Å². The topological polar surface area (TPSA) is 521 Å². The molecule has 16 amide bonds. The molecule has 0 aromatic carbocycles. The summed E-state index contributed by atoms with van der Waals surface area (Å²) in [6, 6.07) is -12.4. The molecule has 15 atom stereocenters.